The third kappa shape index (κ3) is 4.78. The minimum absolute atomic E-state index is 0.145. The highest BCUT2D eigenvalue weighted by atomic mass is 32.1. The number of ether oxygens (including phenoxy) is 1. The summed E-state index contributed by atoms with van der Waals surface area (Å²) in [5.74, 6) is 0.652. The van der Waals surface area contributed by atoms with Crippen LogP contribution < -0.4 is 11.1 Å². The van der Waals surface area contributed by atoms with Crippen LogP contribution in [0.15, 0.2) is 17.5 Å². The summed E-state index contributed by atoms with van der Waals surface area (Å²) in [6.45, 7) is 5.33. The highest BCUT2D eigenvalue weighted by Crippen LogP contribution is 2.28. The van der Waals surface area contributed by atoms with Gasteiger partial charge in [0.05, 0.1) is 12.6 Å². The second kappa shape index (κ2) is 8.62. The average Bonchev–Trinajstić information content (AvgIpc) is 3.03. The van der Waals surface area contributed by atoms with Crippen LogP contribution in [-0.2, 0) is 9.53 Å². The number of hydrogen-bond donors (Lipinski definition) is 2. The number of methoxy groups -OCH3 is 1. The molecule has 2 unspecified atom stereocenters. The zero-order chi connectivity index (χ0) is 15.9. The Balaban J connectivity index is 1.95. The van der Waals surface area contributed by atoms with Crippen LogP contribution in [0.2, 0.25) is 0 Å². The van der Waals surface area contributed by atoms with E-state index in [0.717, 1.165) is 19.0 Å². The third-order valence-corrected chi connectivity index (χ3v) is 5.26. The Bertz CT molecular complexity index is 444. The van der Waals surface area contributed by atoms with Crippen LogP contribution in [0, 0.1) is 5.92 Å². The molecular formula is C16H27N3O2S. The second-order valence-electron chi connectivity index (χ2n) is 6.06. The summed E-state index contributed by atoms with van der Waals surface area (Å²) in [6, 6.07) is 3.86. The van der Waals surface area contributed by atoms with Gasteiger partial charge in [-0.05, 0) is 43.3 Å². The smallest absolute Gasteiger partial charge is 0.239 e. The first-order valence-corrected chi connectivity index (χ1v) is 8.79. The molecule has 0 spiro atoms. The van der Waals surface area contributed by atoms with Crippen LogP contribution in [0.25, 0.3) is 0 Å². The quantitative estimate of drug-likeness (QED) is 0.799. The van der Waals surface area contributed by atoms with Gasteiger partial charge in [-0.15, -0.1) is 11.3 Å². The molecular weight excluding hydrogens is 298 g/mol. The predicted octanol–water partition coefficient (Wildman–Crippen LogP) is 1.61. The van der Waals surface area contributed by atoms with Crippen molar-refractivity contribution in [1.82, 2.24) is 10.2 Å². The molecule has 0 aromatic carbocycles. The van der Waals surface area contributed by atoms with Crippen LogP contribution in [0.5, 0.6) is 0 Å². The van der Waals surface area contributed by atoms with Gasteiger partial charge in [0.25, 0.3) is 0 Å². The van der Waals surface area contributed by atoms with E-state index in [0.29, 0.717) is 6.54 Å². The molecule has 1 aromatic heterocycles. The Labute approximate surface area is 136 Å². The van der Waals surface area contributed by atoms with Crippen LogP contribution in [0.3, 0.4) is 0 Å². The largest absolute Gasteiger partial charge is 0.383 e. The summed E-state index contributed by atoms with van der Waals surface area (Å²) in [7, 11) is 1.55. The Hall–Kier alpha value is -0.950. The molecule has 2 atom stereocenters. The van der Waals surface area contributed by atoms with Gasteiger partial charge >= 0.3 is 0 Å². The van der Waals surface area contributed by atoms with E-state index in [1.165, 1.54) is 17.7 Å². The molecule has 22 heavy (non-hydrogen) atoms. The summed E-state index contributed by atoms with van der Waals surface area (Å²) in [4.78, 5) is 15.8. The number of nitrogens with two attached hydrogens (primary N) is 1. The molecule has 0 bridgehead atoms. The van der Waals surface area contributed by atoms with Crippen molar-refractivity contribution in [2.24, 2.45) is 11.7 Å². The van der Waals surface area contributed by atoms with Gasteiger partial charge in [0, 0.05) is 18.5 Å². The standard InChI is InChI=1S/C16H27N3O2S/c1-12-5-7-19(8-6-12)14(15-4-3-9-22-15)10-18-16(20)13(17)11-21-2/h3-4,9,12-14H,5-8,10-11,17H2,1-2H3,(H,18,20). The SMILES string of the molecule is COCC(N)C(=O)NCC(c1cccs1)N1CCC(C)CC1. The van der Waals surface area contributed by atoms with Gasteiger partial charge in [-0.2, -0.15) is 0 Å². The summed E-state index contributed by atoms with van der Waals surface area (Å²) < 4.78 is 4.94. The van der Waals surface area contributed by atoms with Gasteiger partial charge in [0.15, 0.2) is 0 Å². The number of carbonyl (C=O) groups is 1. The average molecular weight is 325 g/mol. The number of likely N-dealkylation sites (tertiary alicyclic amines) is 1. The molecule has 1 saturated heterocycles. The van der Waals surface area contributed by atoms with E-state index in [2.05, 4.69) is 34.7 Å². The van der Waals surface area contributed by atoms with Gasteiger partial charge in [0.2, 0.25) is 5.91 Å². The number of amides is 1. The van der Waals surface area contributed by atoms with Crippen LogP contribution in [0.4, 0.5) is 0 Å². The molecule has 1 fully saturated rings. The Morgan fingerprint density at radius 2 is 2.27 bits per heavy atom. The molecule has 2 heterocycles. The lowest BCUT2D eigenvalue weighted by molar-refractivity contribution is -0.123. The van der Waals surface area contributed by atoms with Crippen LogP contribution in [0.1, 0.15) is 30.7 Å². The lowest BCUT2D eigenvalue weighted by Crippen LogP contribution is -2.47. The fourth-order valence-corrected chi connectivity index (χ4v) is 3.68. The number of nitrogens with one attached hydrogen (secondary N) is 1. The number of thiophene rings is 1. The van der Waals surface area contributed by atoms with E-state index in [1.807, 2.05) is 0 Å². The molecule has 1 aliphatic rings. The maximum absolute atomic E-state index is 12.0. The van der Waals surface area contributed by atoms with E-state index >= 15 is 0 Å². The van der Waals surface area contributed by atoms with E-state index in [4.69, 9.17) is 10.5 Å². The van der Waals surface area contributed by atoms with Crippen LogP contribution in [-0.4, -0.2) is 50.2 Å². The van der Waals surface area contributed by atoms with Crippen molar-refractivity contribution in [2.45, 2.75) is 31.8 Å². The fourth-order valence-electron chi connectivity index (χ4n) is 2.81. The molecule has 0 saturated carbocycles. The lowest BCUT2D eigenvalue weighted by Gasteiger charge is -2.36. The summed E-state index contributed by atoms with van der Waals surface area (Å²) in [6.07, 6.45) is 2.44. The Morgan fingerprint density at radius 1 is 1.55 bits per heavy atom. The lowest BCUT2D eigenvalue weighted by atomic mass is 9.97. The normalized spacial score (nSPS) is 19.8. The van der Waals surface area contributed by atoms with Gasteiger partial charge in [-0.25, -0.2) is 0 Å². The van der Waals surface area contributed by atoms with Crippen LogP contribution >= 0.6 is 11.3 Å². The number of carbonyl (C=O) groups excluding carboxylic acids is 1. The van der Waals surface area contributed by atoms with E-state index < -0.39 is 6.04 Å². The molecule has 5 nitrogen and oxygen atoms in total. The van der Waals surface area contributed by atoms with Gasteiger partial charge in [-0.1, -0.05) is 13.0 Å². The van der Waals surface area contributed by atoms with Gasteiger partial charge < -0.3 is 15.8 Å². The van der Waals surface area contributed by atoms with E-state index in [1.54, 1.807) is 18.4 Å². The van der Waals surface area contributed by atoms with Crippen molar-refractivity contribution in [3.63, 3.8) is 0 Å². The predicted molar refractivity (Wildman–Crippen MR) is 89.9 cm³/mol. The molecule has 6 heteroatoms. The summed E-state index contributed by atoms with van der Waals surface area (Å²) in [5, 5.41) is 5.08. The van der Waals surface area contributed by atoms with Crippen molar-refractivity contribution in [3.8, 4) is 0 Å². The molecule has 3 N–H and O–H groups in total. The molecule has 0 radical (unpaired) electrons. The maximum Gasteiger partial charge on any atom is 0.239 e. The fraction of sp³-hybridized carbons (Fsp3) is 0.688. The summed E-state index contributed by atoms with van der Waals surface area (Å²) in [5.41, 5.74) is 5.78. The first-order chi connectivity index (χ1) is 10.6. The zero-order valence-electron chi connectivity index (χ0n) is 13.5. The molecule has 2 rings (SSSR count). The van der Waals surface area contributed by atoms with Crippen molar-refractivity contribution in [2.75, 3.05) is 33.4 Å². The number of rotatable bonds is 7. The molecule has 1 aromatic rings. The third-order valence-electron chi connectivity index (χ3n) is 4.28. The molecule has 1 aliphatic heterocycles. The maximum atomic E-state index is 12.0. The monoisotopic (exact) mass is 325 g/mol. The Kier molecular flexibility index (Phi) is 6.82. The first kappa shape index (κ1) is 17.4. The van der Waals surface area contributed by atoms with Crippen molar-refractivity contribution in [1.29, 1.82) is 0 Å². The van der Waals surface area contributed by atoms with Crippen molar-refractivity contribution >= 4 is 17.2 Å². The molecule has 124 valence electrons. The van der Waals surface area contributed by atoms with E-state index in [9.17, 15) is 4.79 Å². The minimum Gasteiger partial charge on any atom is -0.383 e. The number of hydrogen-bond acceptors (Lipinski definition) is 5. The second-order valence-corrected chi connectivity index (χ2v) is 7.04. The molecule has 0 aliphatic carbocycles. The van der Waals surface area contributed by atoms with Crippen molar-refractivity contribution in [3.05, 3.63) is 22.4 Å². The minimum atomic E-state index is -0.602. The topological polar surface area (TPSA) is 67.6 Å². The highest BCUT2D eigenvalue weighted by molar-refractivity contribution is 7.10. The Morgan fingerprint density at radius 3 is 2.86 bits per heavy atom. The zero-order valence-corrected chi connectivity index (χ0v) is 14.3. The van der Waals surface area contributed by atoms with Gasteiger partial charge in [0.1, 0.15) is 6.04 Å². The van der Waals surface area contributed by atoms with Gasteiger partial charge in [-0.3, -0.25) is 9.69 Å². The number of piperidine rings is 1. The molecule has 1 amide bonds. The van der Waals surface area contributed by atoms with Crippen molar-refractivity contribution < 1.29 is 9.53 Å². The summed E-state index contributed by atoms with van der Waals surface area (Å²) >= 11 is 1.75. The van der Waals surface area contributed by atoms with E-state index in [-0.39, 0.29) is 18.6 Å². The first-order valence-electron chi connectivity index (χ1n) is 7.91. The highest BCUT2D eigenvalue weighted by Gasteiger charge is 2.26. The number of nitrogens with zero attached hydrogens (tertiary/aromatic N) is 1.